The fourth-order valence-electron chi connectivity index (χ4n) is 2.16. The second kappa shape index (κ2) is 4.22. The van der Waals surface area contributed by atoms with Crippen LogP contribution in [0.5, 0.6) is 0 Å². The van der Waals surface area contributed by atoms with E-state index in [2.05, 4.69) is 0 Å². The summed E-state index contributed by atoms with van der Waals surface area (Å²) < 4.78 is 22.6. The smallest absolute Gasteiger partial charge is 0.150 e. The number of hydrogen-bond donors (Lipinski definition) is 0. The molecule has 0 saturated carbocycles. The van der Waals surface area contributed by atoms with E-state index in [0.29, 0.717) is 19.4 Å². The first-order chi connectivity index (χ1) is 6.77. The Morgan fingerprint density at radius 2 is 1.73 bits per heavy atom. The van der Waals surface area contributed by atoms with Crippen molar-refractivity contribution in [2.75, 3.05) is 32.1 Å². The molecule has 1 fully saturated rings. The van der Waals surface area contributed by atoms with Gasteiger partial charge in [-0.1, -0.05) is 0 Å². The van der Waals surface area contributed by atoms with Gasteiger partial charge in [0.25, 0.3) is 0 Å². The van der Waals surface area contributed by atoms with Crippen molar-refractivity contribution in [1.29, 1.82) is 0 Å². The largest absolute Gasteiger partial charge is 0.308 e. The molecule has 1 saturated heterocycles. The van der Waals surface area contributed by atoms with Crippen LogP contribution in [0.2, 0.25) is 0 Å². The predicted molar refractivity (Wildman–Crippen MR) is 59.6 cm³/mol. The molecule has 1 heterocycles. The molecule has 0 radical (unpaired) electrons. The zero-order valence-corrected chi connectivity index (χ0v) is 10.4. The molecule has 0 aromatic rings. The Kier molecular flexibility index (Phi) is 3.55. The Labute approximate surface area is 91.6 Å². The van der Waals surface area contributed by atoms with E-state index in [-0.39, 0.29) is 17.3 Å². The number of carbonyl (C=O) groups is 1. The molecule has 0 spiro atoms. The lowest BCUT2D eigenvalue weighted by Gasteiger charge is -2.36. The molecule has 1 rings (SSSR count). The van der Waals surface area contributed by atoms with Gasteiger partial charge >= 0.3 is 0 Å². The van der Waals surface area contributed by atoms with Gasteiger partial charge < -0.3 is 4.90 Å². The zero-order chi connectivity index (χ0) is 11.7. The summed E-state index contributed by atoms with van der Waals surface area (Å²) in [7, 11) is 0.927. The fourth-order valence-corrected chi connectivity index (χ4v) is 3.76. The summed E-state index contributed by atoms with van der Waals surface area (Å²) in [6, 6.07) is 0. The molecule has 0 aliphatic carbocycles. The third-order valence-electron chi connectivity index (χ3n) is 3.15. The van der Waals surface area contributed by atoms with Crippen LogP contribution in [0.25, 0.3) is 0 Å². The van der Waals surface area contributed by atoms with Crippen molar-refractivity contribution in [3.8, 4) is 0 Å². The number of sulfone groups is 1. The van der Waals surface area contributed by atoms with Crippen molar-refractivity contribution in [2.24, 2.45) is 5.41 Å². The van der Waals surface area contributed by atoms with E-state index in [0.717, 1.165) is 0 Å². The monoisotopic (exact) mass is 233 g/mol. The van der Waals surface area contributed by atoms with Gasteiger partial charge in [-0.15, -0.1) is 0 Å². The van der Waals surface area contributed by atoms with Crippen LogP contribution in [0.1, 0.15) is 19.8 Å². The highest BCUT2D eigenvalue weighted by Crippen LogP contribution is 2.34. The first kappa shape index (κ1) is 12.6. The average molecular weight is 233 g/mol. The molecular weight excluding hydrogens is 214 g/mol. The highest BCUT2D eigenvalue weighted by molar-refractivity contribution is 7.91. The van der Waals surface area contributed by atoms with Crippen LogP contribution in [0.15, 0.2) is 0 Å². The summed E-state index contributed by atoms with van der Waals surface area (Å²) >= 11 is 0. The normalized spacial score (nSPS) is 24.0. The Morgan fingerprint density at radius 3 is 2.07 bits per heavy atom. The van der Waals surface area contributed by atoms with Gasteiger partial charge in [0.1, 0.15) is 15.6 Å². The number of ketones is 1. The van der Waals surface area contributed by atoms with E-state index in [1.807, 2.05) is 19.0 Å². The Bertz CT molecular complexity index is 332. The topological polar surface area (TPSA) is 54.5 Å². The summed E-state index contributed by atoms with van der Waals surface area (Å²) in [5, 5.41) is 0. The number of nitrogens with zero attached hydrogens (tertiary/aromatic N) is 1. The second-order valence-electron chi connectivity index (χ2n) is 4.73. The van der Waals surface area contributed by atoms with Gasteiger partial charge in [-0.25, -0.2) is 8.42 Å². The first-order valence-electron chi connectivity index (χ1n) is 5.14. The highest BCUT2D eigenvalue weighted by atomic mass is 32.2. The van der Waals surface area contributed by atoms with Crippen LogP contribution < -0.4 is 0 Å². The molecule has 0 bridgehead atoms. The van der Waals surface area contributed by atoms with Crippen molar-refractivity contribution in [1.82, 2.24) is 4.90 Å². The van der Waals surface area contributed by atoms with E-state index in [1.54, 1.807) is 6.92 Å². The summed E-state index contributed by atoms with van der Waals surface area (Å²) in [4.78, 5) is 13.6. The Balaban J connectivity index is 2.82. The molecule has 5 heteroatoms. The molecule has 0 N–H and O–H groups in total. The minimum absolute atomic E-state index is 0.117. The highest BCUT2D eigenvalue weighted by Gasteiger charge is 2.41. The predicted octanol–water partition coefficient (Wildman–Crippen LogP) is 0.332. The standard InChI is InChI=1S/C10H19NO3S/c1-9(12)10(8-11(2)3)4-6-15(13,14)7-5-10/h4-8H2,1-3H3. The van der Waals surface area contributed by atoms with Gasteiger partial charge in [0.2, 0.25) is 0 Å². The molecule has 15 heavy (non-hydrogen) atoms. The maximum atomic E-state index is 11.6. The lowest BCUT2D eigenvalue weighted by molar-refractivity contribution is -0.127. The van der Waals surface area contributed by atoms with Crippen LogP contribution >= 0.6 is 0 Å². The van der Waals surface area contributed by atoms with Crippen molar-refractivity contribution >= 4 is 15.6 Å². The first-order valence-corrected chi connectivity index (χ1v) is 6.96. The summed E-state index contributed by atoms with van der Waals surface area (Å²) in [6.07, 6.45) is 0.950. The molecule has 4 nitrogen and oxygen atoms in total. The van der Waals surface area contributed by atoms with E-state index < -0.39 is 15.3 Å². The lowest BCUT2D eigenvalue weighted by atomic mass is 9.78. The molecule has 0 amide bonds. The van der Waals surface area contributed by atoms with Crippen molar-refractivity contribution in [3.05, 3.63) is 0 Å². The van der Waals surface area contributed by atoms with Crippen LogP contribution in [0.4, 0.5) is 0 Å². The van der Waals surface area contributed by atoms with Crippen LogP contribution in [-0.2, 0) is 14.6 Å². The number of hydrogen-bond acceptors (Lipinski definition) is 4. The molecule has 1 aliphatic heterocycles. The maximum absolute atomic E-state index is 11.6. The lowest BCUT2D eigenvalue weighted by Crippen LogP contribution is -2.45. The SMILES string of the molecule is CC(=O)C1(CN(C)C)CCS(=O)(=O)CC1. The third-order valence-corrected chi connectivity index (χ3v) is 4.80. The molecule has 1 aliphatic rings. The van der Waals surface area contributed by atoms with E-state index in [9.17, 15) is 13.2 Å². The third kappa shape index (κ3) is 3.01. The van der Waals surface area contributed by atoms with Crippen molar-refractivity contribution in [2.45, 2.75) is 19.8 Å². The average Bonchev–Trinajstić information content (AvgIpc) is 2.08. The second-order valence-corrected chi connectivity index (χ2v) is 7.03. The van der Waals surface area contributed by atoms with E-state index in [4.69, 9.17) is 0 Å². The molecule has 88 valence electrons. The Morgan fingerprint density at radius 1 is 1.27 bits per heavy atom. The minimum atomic E-state index is -2.89. The summed E-state index contributed by atoms with van der Waals surface area (Å²) in [6.45, 7) is 2.22. The van der Waals surface area contributed by atoms with Gasteiger partial charge in [-0.2, -0.15) is 0 Å². The van der Waals surface area contributed by atoms with Crippen molar-refractivity contribution < 1.29 is 13.2 Å². The zero-order valence-electron chi connectivity index (χ0n) is 9.62. The number of Topliss-reactive ketones (excluding diaryl/α,β-unsaturated/α-hetero) is 1. The van der Waals surface area contributed by atoms with Crippen LogP contribution in [-0.4, -0.2) is 51.2 Å². The molecule has 0 aromatic heterocycles. The van der Waals surface area contributed by atoms with Gasteiger partial charge in [-0.05, 0) is 33.9 Å². The maximum Gasteiger partial charge on any atom is 0.150 e. The van der Waals surface area contributed by atoms with Crippen LogP contribution in [0.3, 0.4) is 0 Å². The van der Waals surface area contributed by atoms with Crippen LogP contribution in [0, 0.1) is 5.41 Å². The van der Waals surface area contributed by atoms with Gasteiger partial charge in [0.15, 0.2) is 0 Å². The Hall–Kier alpha value is -0.420. The molecular formula is C10H19NO3S. The number of rotatable bonds is 3. The van der Waals surface area contributed by atoms with Gasteiger partial charge in [0.05, 0.1) is 11.5 Å². The molecule has 0 unspecified atom stereocenters. The summed E-state index contributed by atoms with van der Waals surface area (Å²) in [5.41, 5.74) is -0.436. The minimum Gasteiger partial charge on any atom is -0.308 e. The van der Waals surface area contributed by atoms with E-state index in [1.165, 1.54) is 0 Å². The number of carbonyl (C=O) groups excluding carboxylic acids is 1. The van der Waals surface area contributed by atoms with Gasteiger partial charge in [-0.3, -0.25) is 4.79 Å². The van der Waals surface area contributed by atoms with Crippen molar-refractivity contribution in [3.63, 3.8) is 0 Å². The molecule has 0 aromatic carbocycles. The molecule has 0 atom stereocenters. The van der Waals surface area contributed by atoms with Gasteiger partial charge in [0, 0.05) is 12.0 Å². The quantitative estimate of drug-likeness (QED) is 0.705. The fraction of sp³-hybridized carbons (Fsp3) is 0.900. The van der Waals surface area contributed by atoms with E-state index >= 15 is 0 Å². The summed E-state index contributed by atoms with van der Waals surface area (Å²) in [5.74, 6) is 0.423.